The molecule has 0 aromatic carbocycles. The number of furan rings is 1. The molecular formula is C18H33N3O. The van der Waals surface area contributed by atoms with Gasteiger partial charge in [-0.25, -0.2) is 0 Å². The summed E-state index contributed by atoms with van der Waals surface area (Å²) in [6.45, 7) is 9.85. The molecule has 0 bridgehead atoms. The van der Waals surface area contributed by atoms with Crippen LogP contribution in [0.4, 0.5) is 0 Å². The highest BCUT2D eigenvalue weighted by Crippen LogP contribution is 2.20. The summed E-state index contributed by atoms with van der Waals surface area (Å²) in [6, 6.07) is 2.88. The predicted octanol–water partition coefficient (Wildman–Crippen LogP) is 2.74. The van der Waals surface area contributed by atoms with E-state index in [1.165, 1.54) is 44.5 Å². The van der Waals surface area contributed by atoms with Crippen molar-refractivity contribution in [1.82, 2.24) is 14.7 Å². The molecule has 126 valence electrons. The van der Waals surface area contributed by atoms with E-state index in [1.807, 2.05) is 0 Å². The third kappa shape index (κ3) is 5.11. The number of likely N-dealkylation sites (tertiary alicyclic amines) is 1. The summed E-state index contributed by atoms with van der Waals surface area (Å²) in [5, 5.41) is 0. The molecule has 1 saturated heterocycles. The van der Waals surface area contributed by atoms with Gasteiger partial charge in [0.2, 0.25) is 0 Å². The Morgan fingerprint density at radius 1 is 1.23 bits per heavy atom. The van der Waals surface area contributed by atoms with Crippen molar-refractivity contribution in [3.63, 3.8) is 0 Å². The van der Waals surface area contributed by atoms with Crippen LogP contribution in [0.3, 0.4) is 0 Å². The van der Waals surface area contributed by atoms with Gasteiger partial charge in [0, 0.05) is 12.6 Å². The van der Waals surface area contributed by atoms with Gasteiger partial charge in [-0.15, -0.1) is 0 Å². The average Bonchev–Trinajstić information content (AvgIpc) is 2.77. The SMILES string of the molecule is Cc1cc(CN2CCC[C@@H](N(C)CCCN(C)C)C2)oc1C. The molecule has 4 heteroatoms. The second-order valence-electron chi connectivity index (χ2n) is 7.12. The number of aryl methyl sites for hydroxylation is 2. The van der Waals surface area contributed by atoms with E-state index in [-0.39, 0.29) is 0 Å². The molecule has 1 aliphatic heterocycles. The zero-order valence-electron chi connectivity index (χ0n) is 15.1. The van der Waals surface area contributed by atoms with Gasteiger partial charge in [0.15, 0.2) is 0 Å². The molecule has 4 nitrogen and oxygen atoms in total. The van der Waals surface area contributed by atoms with E-state index in [2.05, 4.69) is 55.8 Å². The van der Waals surface area contributed by atoms with Gasteiger partial charge < -0.3 is 14.2 Å². The van der Waals surface area contributed by atoms with Crippen molar-refractivity contribution in [2.45, 2.75) is 45.7 Å². The maximum absolute atomic E-state index is 5.84. The number of piperidine rings is 1. The Morgan fingerprint density at radius 3 is 2.64 bits per heavy atom. The van der Waals surface area contributed by atoms with Gasteiger partial charge in [-0.1, -0.05) is 0 Å². The first-order chi connectivity index (χ1) is 10.5. The monoisotopic (exact) mass is 307 g/mol. The average molecular weight is 307 g/mol. The summed E-state index contributed by atoms with van der Waals surface area (Å²) in [6.07, 6.45) is 3.86. The molecule has 0 radical (unpaired) electrons. The van der Waals surface area contributed by atoms with Crippen LogP contribution in [0.1, 0.15) is 36.3 Å². The van der Waals surface area contributed by atoms with E-state index in [9.17, 15) is 0 Å². The third-order valence-corrected chi connectivity index (χ3v) is 4.82. The molecule has 1 atom stereocenters. The molecule has 0 spiro atoms. The molecule has 0 aliphatic carbocycles. The highest BCUT2D eigenvalue weighted by Gasteiger charge is 2.23. The van der Waals surface area contributed by atoms with Crippen molar-refractivity contribution < 1.29 is 4.42 Å². The van der Waals surface area contributed by atoms with Crippen LogP contribution >= 0.6 is 0 Å². The van der Waals surface area contributed by atoms with E-state index in [4.69, 9.17) is 4.42 Å². The Morgan fingerprint density at radius 2 is 2.00 bits per heavy atom. The molecule has 1 aliphatic rings. The Hall–Kier alpha value is -0.840. The second-order valence-corrected chi connectivity index (χ2v) is 7.12. The fraction of sp³-hybridized carbons (Fsp3) is 0.778. The van der Waals surface area contributed by atoms with E-state index in [0.29, 0.717) is 6.04 Å². The zero-order chi connectivity index (χ0) is 16.1. The molecule has 0 N–H and O–H groups in total. The molecule has 2 heterocycles. The maximum Gasteiger partial charge on any atom is 0.118 e. The van der Waals surface area contributed by atoms with Crippen molar-refractivity contribution in [1.29, 1.82) is 0 Å². The minimum atomic E-state index is 0.688. The third-order valence-electron chi connectivity index (χ3n) is 4.82. The summed E-state index contributed by atoms with van der Waals surface area (Å²) in [4.78, 5) is 7.37. The Balaban J connectivity index is 1.80. The predicted molar refractivity (Wildman–Crippen MR) is 92.3 cm³/mol. The van der Waals surface area contributed by atoms with E-state index in [1.54, 1.807) is 0 Å². The standard InChI is InChI=1S/C18H33N3O/c1-15-12-18(22-16(15)2)14-21-11-6-8-17(13-21)20(5)10-7-9-19(3)4/h12,17H,6-11,13-14H2,1-5H3/t17-/m1/s1. The summed E-state index contributed by atoms with van der Waals surface area (Å²) in [7, 11) is 6.58. The molecule has 1 aromatic heterocycles. The Bertz CT molecular complexity index is 436. The van der Waals surface area contributed by atoms with Crippen LogP contribution < -0.4 is 0 Å². The maximum atomic E-state index is 5.84. The number of rotatable bonds is 7. The van der Waals surface area contributed by atoms with Crippen LogP contribution in [-0.4, -0.2) is 68.1 Å². The number of hydrogen-bond acceptors (Lipinski definition) is 4. The lowest BCUT2D eigenvalue weighted by Gasteiger charge is -2.37. The first kappa shape index (κ1) is 17.5. The van der Waals surface area contributed by atoms with Crippen LogP contribution in [0.25, 0.3) is 0 Å². The Labute approximate surface area is 136 Å². The number of hydrogen-bond donors (Lipinski definition) is 0. The van der Waals surface area contributed by atoms with Crippen LogP contribution in [0.15, 0.2) is 10.5 Å². The number of likely N-dealkylation sites (N-methyl/N-ethyl adjacent to an activating group) is 1. The van der Waals surface area contributed by atoms with Gasteiger partial charge in [0.1, 0.15) is 11.5 Å². The highest BCUT2D eigenvalue weighted by molar-refractivity contribution is 5.18. The topological polar surface area (TPSA) is 22.9 Å². The number of nitrogens with zero attached hydrogens (tertiary/aromatic N) is 3. The highest BCUT2D eigenvalue weighted by atomic mass is 16.3. The molecule has 0 amide bonds. The van der Waals surface area contributed by atoms with Crippen LogP contribution in [0, 0.1) is 13.8 Å². The molecule has 22 heavy (non-hydrogen) atoms. The van der Waals surface area contributed by atoms with Crippen LogP contribution in [0.5, 0.6) is 0 Å². The summed E-state index contributed by atoms with van der Waals surface area (Å²) < 4.78 is 5.84. The molecular weight excluding hydrogens is 274 g/mol. The van der Waals surface area contributed by atoms with Gasteiger partial charge in [-0.3, -0.25) is 4.90 Å². The minimum absolute atomic E-state index is 0.688. The summed E-state index contributed by atoms with van der Waals surface area (Å²) >= 11 is 0. The first-order valence-corrected chi connectivity index (χ1v) is 8.59. The van der Waals surface area contributed by atoms with Crippen molar-refractivity contribution >= 4 is 0 Å². The van der Waals surface area contributed by atoms with Crippen LogP contribution in [-0.2, 0) is 6.54 Å². The zero-order valence-corrected chi connectivity index (χ0v) is 15.1. The van der Waals surface area contributed by atoms with Gasteiger partial charge in [-0.2, -0.15) is 0 Å². The van der Waals surface area contributed by atoms with Crippen molar-refractivity contribution in [2.24, 2.45) is 0 Å². The molecule has 0 unspecified atom stereocenters. The lowest BCUT2D eigenvalue weighted by atomic mass is 10.0. The minimum Gasteiger partial charge on any atom is -0.465 e. The first-order valence-electron chi connectivity index (χ1n) is 8.59. The van der Waals surface area contributed by atoms with Gasteiger partial charge in [0.05, 0.1) is 6.54 Å². The Kier molecular flexibility index (Phi) is 6.48. The molecule has 1 fully saturated rings. The van der Waals surface area contributed by atoms with E-state index in [0.717, 1.165) is 24.6 Å². The fourth-order valence-electron chi connectivity index (χ4n) is 3.30. The van der Waals surface area contributed by atoms with E-state index < -0.39 is 0 Å². The normalized spacial score (nSPS) is 20.2. The lowest BCUT2D eigenvalue weighted by molar-refractivity contribution is 0.104. The quantitative estimate of drug-likeness (QED) is 0.772. The van der Waals surface area contributed by atoms with Crippen molar-refractivity contribution in [3.8, 4) is 0 Å². The summed E-state index contributed by atoms with van der Waals surface area (Å²) in [5.74, 6) is 2.18. The molecule has 2 rings (SSSR count). The summed E-state index contributed by atoms with van der Waals surface area (Å²) in [5.41, 5.74) is 1.27. The second kappa shape index (κ2) is 8.14. The van der Waals surface area contributed by atoms with Gasteiger partial charge in [-0.05, 0) is 85.5 Å². The van der Waals surface area contributed by atoms with E-state index >= 15 is 0 Å². The fourth-order valence-corrected chi connectivity index (χ4v) is 3.30. The van der Waals surface area contributed by atoms with Crippen molar-refractivity contribution in [2.75, 3.05) is 47.3 Å². The van der Waals surface area contributed by atoms with Gasteiger partial charge >= 0.3 is 0 Å². The lowest BCUT2D eigenvalue weighted by Crippen LogP contribution is -2.46. The van der Waals surface area contributed by atoms with Gasteiger partial charge in [0.25, 0.3) is 0 Å². The largest absolute Gasteiger partial charge is 0.465 e. The van der Waals surface area contributed by atoms with Crippen molar-refractivity contribution in [3.05, 3.63) is 23.2 Å². The molecule has 1 aromatic rings. The molecule has 0 saturated carbocycles. The van der Waals surface area contributed by atoms with Crippen LogP contribution in [0.2, 0.25) is 0 Å². The smallest absolute Gasteiger partial charge is 0.118 e.